The van der Waals surface area contributed by atoms with Gasteiger partial charge in [-0.1, -0.05) is 36.4 Å². The third kappa shape index (κ3) is 4.68. The Labute approximate surface area is 165 Å². The SMILES string of the molecule is C=CCOCC(O)Cn1c(N/N=C/c2ccccc2)nc2c1c(=O)[nH]c(=O)n2C. The number of rotatable bonds is 9. The molecule has 3 rings (SSSR count). The summed E-state index contributed by atoms with van der Waals surface area (Å²) in [5.74, 6) is 0.210. The molecular formula is C19H22N6O4. The van der Waals surface area contributed by atoms with E-state index >= 15 is 0 Å². The highest BCUT2D eigenvalue weighted by atomic mass is 16.5. The molecule has 0 radical (unpaired) electrons. The predicted octanol–water partition coefficient (Wildman–Crippen LogP) is 0.433. The number of anilines is 1. The lowest BCUT2D eigenvalue weighted by Gasteiger charge is -2.13. The molecular weight excluding hydrogens is 376 g/mol. The molecule has 0 aliphatic carbocycles. The van der Waals surface area contributed by atoms with Crippen LogP contribution in [-0.4, -0.2) is 49.7 Å². The Bertz CT molecular complexity index is 1130. The van der Waals surface area contributed by atoms with E-state index in [-0.39, 0.29) is 30.3 Å². The monoisotopic (exact) mass is 398 g/mol. The van der Waals surface area contributed by atoms with Crippen molar-refractivity contribution in [3.05, 3.63) is 69.4 Å². The fourth-order valence-corrected chi connectivity index (χ4v) is 2.75. The fraction of sp³-hybridized carbons (Fsp3) is 0.263. The van der Waals surface area contributed by atoms with Crippen LogP contribution < -0.4 is 16.7 Å². The molecule has 0 aliphatic heterocycles. The molecule has 0 aliphatic rings. The number of nitrogens with one attached hydrogen (secondary N) is 2. The first-order valence-corrected chi connectivity index (χ1v) is 8.91. The summed E-state index contributed by atoms with van der Waals surface area (Å²) >= 11 is 0. The van der Waals surface area contributed by atoms with E-state index in [2.05, 4.69) is 27.1 Å². The Morgan fingerprint density at radius 3 is 2.86 bits per heavy atom. The second-order valence-electron chi connectivity index (χ2n) is 6.30. The quantitative estimate of drug-likeness (QED) is 0.208. The highest BCUT2D eigenvalue weighted by Gasteiger charge is 2.19. The summed E-state index contributed by atoms with van der Waals surface area (Å²) in [4.78, 5) is 30.9. The molecule has 3 N–H and O–H groups in total. The first kappa shape index (κ1) is 20.2. The van der Waals surface area contributed by atoms with Crippen LogP contribution >= 0.6 is 0 Å². The number of benzene rings is 1. The molecule has 0 bridgehead atoms. The zero-order valence-electron chi connectivity index (χ0n) is 15.9. The number of ether oxygens (including phenoxy) is 1. The van der Waals surface area contributed by atoms with E-state index in [1.54, 1.807) is 12.3 Å². The van der Waals surface area contributed by atoms with Crippen LogP contribution in [0.5, 0.6) is 0 Å². The van der Waals surface area contributed by atoms with Crippen LogP contribution in [0.4, 0.5) is 5.95 Å². The largest absolute Gasteiger partial charge is 0.389 e. The van der Waals surface area contributed by atoms with Gasteiger partial charge in [-0.25, -0.2) is 10.2 Å². The summed E-state index contributed by atoms with van der Waals surface area (Å²) < 4.78 is 7.96. The number of fused-ring (bicyclic) bond motifs is 1. The highest BCUT2D eigenvalue weighted by Crippen LogP contribution is 2.16. The van der Waals surface area contributed by atoms with Gasteiger partial charge in [-0.2, -0.15) is 10.1 Å². The van der Waals surface area contributed by atoms with Gasteiger partial charge in [0.1, 0.15) is 0 Å². The summed E-state index contributed by atoms with van der Waals surface area (Å²) in [6.45, 7) is 3.90. The number of aromatic amines is 1. The van der Waals surface area contributed by atoms with Gasteiger partial charge in [0.25, 0.3) is 5.56 Å². The average Bonchev–Trinajstić information content (AvgIpc) is 3.06. The van der Waals surface area contributed by atoms with Gasteiger partial charge in [0, 0.05) is 7.05 Å². The standard InChI is InChI=1S/C19H22N6O4/c1-3-9-29-12-14(26)11-25-15-16(24(2)19(28)22-17(15)27)21-18(25)23-20-10-13-7-5-4-6-8-13/h3-8,10,14,26H,1,9,11-12H2,2H3,(H,21,23)(H,22,27,28)/b20-10+. The minimum absolute atomic E-state index is 0.0120. The number of hydrogen-bond acceptors (Lipinski definition) is 7. The van der Waals surface area contributed by atoms with Gasteiger partial charge in [0.05, 0.1) is 32.1 Å². The van der Waals surface area contributed by atoms with Crippen molar-refractivity contribution in [3.8, 4) is 0 Å². The van der Waals surface area contributed by atoms with Crippen LogP contribution in [0.15, 0.2) is 57.7 Å². The summed E-state index contributed by atoms with van der Waals surface area (Å²) in [5.41, 5.74) is 2.79. The van der Waals surface area contributed by atoms with Crippen molar-refractivity contribution in [2.24, 2.45) is 12.1 Å². The number of H-pyrrole nitrogens is 1. The second-order valence-corrected chi connectivity index (χ2v) is 6.30. The maximum absolute atomic E-state index is 12.4. The molecule has 1 aromatic carbocycles. The van der Waals surface area contributed by atoms with Gasteiger partial charge in [-0.15, -0.1) is 6.58 Å². The van der Waals surface area contributed by atoms with E-state index in [0.29, 0.717) is 6.61 Å². The highest BCUT2D eigenvalue weighted by molar-refractivity contribution is 5.80. The summed E-state index contributed by atoms with van der Waals surface area (Å²) in [6, 6.07) is 9.41. The molecule has 1 unspecified atom stereocenters. The minimum atomic E-state index is -0.914. The molecule has 10 nitrogen and oxygen atoms in total. The van der Waals surface area contributed by atoms with Crippen molar-refractivity contribution in [2.45, 2.75) is 12.6 Å². The lowest BCUT2D eigenvalue weighted by atomic mass is 10.2. The topological polar surface area (TPSA) is 127 Å². The van der Waals surface area contributed by atoms with Gasteiger partial charge >= 0.3 is 5.69 Å². The Morgan fingerprint density at radius 1 is 1.38 bits per heavy atom. The number of aliphatic hydroxyl groups is 1. The molecule has 0 amide bonds. The summed E-state index contributed by atoms with van der Waals surface area (Å²) in [6.07, 6.45) is 2.25. The Balaban J connectivity index is 1.96. The minimum Gasteiger partial charge on any atom is -0.389 e. The third-order valence-electron chi connectivity index (χ3n) is 4.12. The van der Waals surface area contributed by atoms with Crippen molar-refractivity contribution in [1.29, 1.82) is 0 Å². The second kappa shape index (κ2) is 9.13. The number of aryl methyl sites for hydroxylation is 1. The smallest absolute Gasteiger partial charge is 0.329 e. The maximum Gasteiger partial charge on any atom is 0.329 e. The molecule has 2 heterocycles. The lowest BCUT2D eigenvalue weighted by Crippen LogP contribution is -2.30. The number of nitrogens with zero attached hydrogens (tertiary/aromatic N) is 4. The number of hydrazone groups is 1. The van der Waals surface area contributed by atoms with E-state index in [0.717, 1.165) is 5.56 Å². The van der Waals surface area contributed by atoms with Crippen molar-refractivity contribution < 1.29 is 9.84 Å². The Hall–Kier alpha value is -3.50. The van der Waals surface area contributed by atoms with Gasteiger partial charge in [0.2, 0.25) is 5.95 Å². The van der Waals surface area contributed by atoms with Crippen LogP contribution in [0, 0.1) is 0 Å². The Kier molecular flexibility index (Phi) is 6.37. The van der Waals surface area contributed by atoms with E-state index in [1.807, 2.05) is 30.3 Å². The summed E-state index contributed by atoms with van der Waals surface area (Å²) in [5, 5.41) is 14.4. The maximum atomic E-state index is 12.4. The van der Waals surface area contributed by atoms with Crippen molar-refractivity contribution in [3.63, 3.8) is 0 Å². The number of hydrogen-bond donors (Lipinski definition) is 3. The molecule has 0 fully saturated rings. The van der Waals surface area contributed by atoms with E-state index in [1.165, 1.54) is 16.2 Å². The van der Waals surface area contributed by atoms with Crippen LogP contribution in [0.1, 0.15) is 5.56 Å². The first-order chi connectivity index (χ1) is 14.0. The van der Waals surface area contributed by atoms with Gasteiger partial charge in [-0.05, 0) is 5.56 Å². The zero-order chi connectivity index (χ0) is 20.8. The van der Waals surface area contributed by atoms with Gasteiger partial charge in [0.15, 0.2) is 11.2 Å². The van der Waals surface area contributed by atoms with Crippen LogP contribution in [0.3, 0.4) is 0 Å². The van der Waals surface area contributed by atoms with Crippen molar-refractivity contribution in [1.82, 2.24) is 19.1 Å². The van der Waals surface area contributed by atoms with E-state index in [9.17, 15) is 14.7 Å². The summed E-state index contributed by atoms with van der Waals surface area (Å²) in [7, 11) is 1.50. The number of aliphatic hydroxyl groups excluding tert-OH is 1. The first-order valence-electron chi connectivity index (χ1n) is 8.91. The van der Waals surface area contributed by atoms with Crippen LogP contribution in [0.2, 0.25) is 0 Å². The molecule has 0 saturated carbocycles. The van der Waals surface area contributed by atoms with Crippen molar-refractivity contribution >= 4 is 23.3 Å². The molecule has 3 aromatic rings. The fourth-order valence-electron chi connectivity index (χ4n) is 2.75. The number of aromatic nitrogens is 4. The lowest BCUT2D eigenvalue weighted by molar-refractivity contribution is 0.0405. The molecule has 152 valence electrons. The Morgan fingerprint density at radius 2 is 2.14 bits per heavy atom. The van der Waals surface area contributed by atoms with Gasteiger partial charge in [-0.3, -0.25) is 14.3 Å². The number of imidazole rings is 1. The molecule has 2 aromatic heterocycles. The predicted molar refractivity (Wildman–Crippen MR) is 110 cm³/mol. The van der Waals surface area contributed by atoms with E-state index < -0.39 is 17.4 Å². The average molecular weight is 398 g/mol. The molecule has 1 atom stereocenters. The molecule has 0 saturated heterocycles. The van der Waals surface area contributed by atoms with E-state index in [4.69, 9.17) is 4.74 Å². The van der Waals surface area contributed by atoms with Crippen LogP contribution in [-0.2, 0) is 18.3 Å². The van der Waals surface area contributed by atoms with Gasteiger partial charge < -0.3 is 14.4 Å². The normalized spacial score (nSPS) is 12.5. The molecule has 10 heteroatoms. The molecule has 0 spiro atoms. The molecule has 29 heavy (non-hydrogen) atoms. The van der Waals surface area contributed by atoms with Crippen molar-refractivity contribution in [2.75, 3.05) is 18.6 Å². The third-order valence-corrected chi connectivity index (χ3v) is 4.12. The zero-order valence-corrected chi connectivity index (χ0v) is 15.9. The van der Waals surface area contributed by atoms with Crippen LogP contribution in [0.25, 0.3) is 11.2 Å².